The van der Waals surface area contributed by atoms with Gasteiger partial charge >= 0.3 is 0 Å². The predicted molar refractivity (Wildman–Crippen MR) is 97.1 cm³/mol. The standard InChI is InChI=1S/C20H22FNOS/c1-24-19-8-3-2-7-18(19)20(23)22-13-5-4-6-16(14-22)15-9-11-17(21)12-10-15/h2-3,7-12,16H,4-6,13-14H2,1H3/t16-/m0/s1. The largest absolute Gasteiger partial charge is 0.338 e. The third kappa shape index (κ3) is 3.81. The van der Waals surface area contributed by atoms with Gasteiger partial charge in [-0.05, 0) is 48.9 Å². The highest BCUT2D eigenvalue weighted by Crippen LogP contribution is 2.29. The number of thioether (sulfide) groups is 1. The van der Waals surface area contributed by atoms with Gasteiger partial charge in [0.05, 0.1) is 5.56 Å². The van der Waals surface area contributed by atoms with Crippen LogP contribution in [0, 0.1) is 5.82 Å². The molecule has 0 aromatic heterocycles. The van der Waals surface area contributed by atoms with Crippen molar-refractivity contribution < 1.29 is 9.18 Å². The Bertz CT molecular complexity index is 701. The van der Waals surface area contributed by atoms with E-state index in [9.17, 15) is 9.18 Å². The fraction of sp³-hybridized carbons (Fsp3) is 0.350. The van der Waals surface area contributed by atoms with Crippen molar-refractivity contribution in [2.45, 2.75) is 30.1 Å². The number of rotatable bonds is 3. The first-order valence-electron chi connectivity index (χ1n) is 8.37. The minimum atomic E-state index is -0.214. The van der Waals surface area contributed by atoms with E-state index >= 15 is 0 Å². The average molecular weight is 343 g/mol. The molecule has 1 fully saturated rings. The number of hydrogen-bond donors (Lipinski definition) is 0. The van der Waals surface area contributed by atoms with E-state index in [1.165, 1.54) is 12.1 Å². The highest BCUT2D eigenvalue weighted by atomic mass is 32.2. The Morgan fingerprint density at radius 1 is 1.12 bits per heavy atom. The Morgan fingerprint density at radius 3 is 2.62 bits per heavy atom. The molecule has 0 N–H and O–H groups in total. The number of halogens is 1. The summed E-state index contributed by atoms with van der Waals surface area (Å²) < 4.78 is 13.2. The molecule has 0 bridgehead atoms. The van der Waals surface area contributed by atoms with Gasteiger partial charge in [-0.25, -0.2) is 4.39 Å². The van der Waals surface area contributed by atoms with E-state index in [1.54, 1.807) is 11.8 Å². The fourth-order valence-electron chi connectivity index (χ4n) is 3.33. The maximum Gasteiger partial charge on any atom is 0.255 e. The van der Waals surface area contributed by atoms with Crippen molar-refractivity contribution in [3.63, 3.8) is 0 Å². The molecule has 2 aromatic carbocycles. The molecule has 0 saturated carbocycles. The number of carbonyl (C=O) groups excluding carboxylic acids is 1. The summed E-state index contributed by atoms with van der Waals surface area (Å²) >= 11 is 1.60. The average Bonchev–Trinajstić information content (AvgIpc) is 2.88. The van der Waals surface area contributed by atoms with Crippen molar-refractivity contribution >= 4 is 17.7 Å². The minimum Gasteiger partial charge on any atom is -0.338 e. The van der Waals surface area contributed by atoms with Crippen LogP contribution >= 0.6 is 11.8 Å². The SMILES string of the molecule is CSc1ccccc1C(=O)N1CCCC[C@H](c2ccc(F)cc2)C1. The third-order valence-corrected chi connectivity index (χ3v) is 5.43. The number of carbonyl (C=O) groups is 1. The molecule has 3 rings (SSSR count). The van der Waals surface area contributed by atoms with Crippen LogP contribution in [0.2, 0.25) is 0 Å². The molecule has 4 heteroatoms. The topological polar surface area (TPSA) is 20.3 Å². The fourth-order valence-corrected chi connectivity index (χ4v) is 3.92. The van der Waals surface area contributed by atoms with E-state index in [-0.39, 0.29) is 17.6 Å². The summed E-state index contributed by atoms with van der Waals surface area (Å²) in [5, 5.41) is 0. The lowest BCUT2D eigenvalue weighted by Crippen LogP contribution is -2.34. The van der Waals surface area contributed by atoms with E-state index in [1.807, 2.05) is 47.6 Å². The molecule has 0 aliphatic carbocycles. The smallest absolute Gasteiger partial charge is 0.255 e. The molecule has 1 aliphatic rings. The van der Waals surface area contributed by atoms with Crippen LogP contribution in [0.1, 0.15) is 41.1 Å². The summed E-state index contributed by atoms with van der Waals surface area (Å²) in [5.41, 5.74) is 1.90. The molecule has 24 heavy (non-hydrogen) atoms. The Labute approximate surface area is 147 Å². The van der Waals surface area contributed by atoms with Gasteiger partial charge in [-0.2, -0.15) is 0 Å². The van der Waals surface area contributed by atoms with Crippen LogP contribution in [-0.2, 0) is 0 Å². The van der Waals surface area contributed by atoms with E-state index in [0.29, 0.717) is 6.54 Å². The van der Waals surface area contributed by atoms with Gasteiger partial charge in [0, 0.05) is 23.9 Å². The van der Waals surface area contributed by atoms with Gasteiger partial charge < -0.3 is 4.90 Å². The summed E-state index contributed by atoms with van der Waals surface area (Å²) in [4.78, 5) is 16.0. The van der Waals surface area contributed by atoms with Crippen LogP contribution < -0.4 is 0 Å². The highest BCUT2D eigenvalue weighted by Gasteiger charge is 2.25. The first kappa shape index (κ1) is 17.0. The van der Waals surface area contributed by atoms with Gasteiger partial charge in [0.2, 0.25) is 0 Å². The summed E-state index contributed by atoms with van der Waals surface area (Å²) in [5.74, 6) is 0.168. The summed E-state index contributed by atoms with van der Waals surface area (Å²) in [6, 6.07) is 14.5. The Balaban J connectivity index is 1.82. The van der Waals surface area contributed by atoms with Gasteiger partial charge in [-0.1, -0.05) is 30.7 Å². The molecule has 1 amide bonds. The van der Waals surface area contributed by atoms with Crippen molar-refractivity contribution in [2.24, 2.45) is 0 Å². The van der Waals surface area contributed by atoms with E-state index < -0.39 is 0 Å². The third-order valence-electron chi connectivity index (χ3n) is 4.64. The quantitative estimate of drug-likeness (QED) is 0.734. The normalized spacial score (nSPS) is 18.2. The zero-order valence-corrected chi connectivity index (χ0v) is 14.7. The summed E-state index contributed by atoms with van der Waals surface area (Å²) in [6.07, 6.45) is 5.15. The van der Waals surface area contributed by atoms with Gasteiger partial charge in [0.15, 0.2) is 0 Å². The molecule has 1 atom stereocenters. The maximum atomic E-state index is 13.2. The van der Waals surface area contributed by atoms with Gasteiger partial charge in [-0.15, -0.1) is 11.8 Å². The first-order valence-corrected chi connectivity index (χ1v) is 9.59. The van der Waals surface area contributed by atoms with Crippen molar-refractivity contribution in [2.75, 3.05) is 19.3 Å². The van der Waals surface area contributed by atoms with Crippen molar-refractivity contribution in [1.29, 1.82) is 0 Å². The summed E-state index contributed by atoms with van der Waals surface area (Å²) in [6.45, 7) is 1.49. The number of hydrogen-bond acceptors (Lipinski definition) is 2. The highest BCUT2D eigenvalue weighted by molar-refractivity contribution is 7.98. The van der Waals surface area contributed by atoms with Crippen molar-refractivity contribution in [1.82, 2.24) is 4.90 Å². The van der Waals surface area contributed by atoms with Gasteiger partial charge in [0.1, 0.15) is 5.82 Å². The minimum absolute atomic E-state index is 0.106. The van der Waals surface area contributed by atoms with Gasteiger partial charge in [-0.3, -0.25) is 4.79 Å². The zero-order chi connectivity index (χ0) is 16.9. The van der Waals surface area contributed by atoms with Crippen LogP contribution in [-0.4, -0.2) is 30.2 Å². The molecule has 2 nitrogen and oxygen atoms in total. The van der Waals surface area contributed by atoms with Crippen molar-refractivity contribution in [3.8, 4) is 0 Å². The van der Waals surface area contributed by atoms with Crippen LogP contribution in [0.25, 0.3) is 0 Å². The predicted octanol–water partition coefficient (Wildman–Crippen LogP) is 4.96. The second-order valence-corrected chi connectivity index (χ2v) is 7.04. The molecule has 0 unspecified atom stereocenters. The molecular weight excluding hydrogens is 321 g/mol. The van der Waals surface area contributed by atoms with E-state index in [4.69, 9.17) is 0 Å². The monoisotopic (exact) mass is 343 g/mol. The lowest BCUT2D eigenvalue weighted by Gasteiger charge is -2.25. The Kier molecular flexibility index (Phi) is 5.56. The lowest BCUT2D eigenvalue weighted by molar-refractivity contribution is 0.0751. The number of amides is 1. The van der Waals surface area contributed by atoms with Crippen molar-refractivity contribution in [3.05, 3.63) is 65.5 Å². The van der Waals surface area contributed by atoms with E-state index in [2.05, 4.69) is 0 Å². The molecule has 0 radical (unpaired) electrons. The number of benzene rings is 2. The maximum absolute atomic E-state index is 13.2. The lowest BCUT2D eigenvalue weighted by atomic mass is 9.94. The number of nitrogens with zero attached hydrogens (tertiary/aromatic N) is 1. The van der Waals surface area contributed by atoms with Crippen LogP contribution in [0.4, 0.5) is 4.39 Å². The Morgan fingerprint density at radius 2 is 1.88 bits per heavy atom. The Hall–Kier alpha value is -1.81. The van der Waals surface area contributed by atoms with Gasteiger partial charge in [0.25, 0.3) is 5.91 Å². The molecule has 126 valence electrons. The summed E-state index contributed by atoms with van der Waals surface area (Å²) in [7, 11) is 0. The molecule has 2 aromatic rings. The van der Waals surface area contributed by atoms with Crippen LogP contribution in [0.5, 0.6) is 0 Å². The second-order valence-electron chi connectivity index (χ2n) is 6.20. The van der Waals surface area contributed by atoms with Crippen LogP contribution in [0.3, 0.4) is 0 Å². The molecule has 1 aliphatic heterocycles. The molecule has 0 spiro atoms. The molecule has 1 heterocycles. The zero-order valence-electron chi connectivity index (χ0n) is 13.9. The second kappa shape index (κ2) is 7.84. The first-order chi connectivity index (χ1) is 11.7. The molecule has 1 saturated heterocycles. The van der Waals surface area contributed by atoms with E-state index in [0.717, 1.165) is 41.8 Å². The number of likely N-dealkylation sites (tertiary alicyclic amines) is 1. The van der Waals surface area contributed by atoms with Crippen LogP contribution in [0.15, 0.2) is 53.4 Å². The molecular formula is C20H22FNOS.